The van der Waals surface area contributed by atoms with Crippen LogP contribution in [0.2, 0.25) is 15.1 Å². The molecule has 0 aliphatic carbocycles. The number of nitrogens with one attached hydrogen (secondary N) is 1. The molecule has 0 spiro atoms. The lowest BCUT2D eigenvalue weighted by molar-refractivity contribution is 0.483. The normalized spacial score (nSPS) is 10.7. The molecule has 9 heteroatoms. The van der Waals surface area contributed by atoms with Crippen LogP contribution in [-0.2, 0) is 6.54 Å². The maximum atomic E-state index is 11.7. The van der Waals surface area contributed by atoms with Gasteiger partial charge in [-0.15, -0.1) is 0 Å². The van der Waals surface area contributed by atoms with E-state index in [0.29, 0.717) is 16.3 Å². The summed E-state index contributed by atoms with van der Waals surface area (Å²) in [5, 5.41) is 4.68. The number of hydrogen-bond acceptors (Lipinski definition) is 4. The van der Waals surface area contributed by atoms with Crippen LogP contribution in [0, 0.1) is 0 Å². The van der Waals surface area contributed by atoms with Gasteiger partial charge in [0, 0.05) is 0 Å². The smallest absolute Gasteiger partial charge is 0.345 e. The highest BCUT2D eigenvalue weighted by Gasteiger charge is 2.13. The third-order valence-electron chi connectivity index (χ3n) is 3.22. The second kappa shape index (κ2) is 7.31. The van der Waals surface area contributed by atoms with E-state index in [1.165, 1.54) is 0 Å². The first-order valence-corrected chi connectivity index (χ1v) is 8.14. The number of nitrogens with zero attached hydrogens (tertiary/aromatic N) is 2. The Kier molecular flexibility index (Phi) is 5.13. The number of aromatic amines is 1. The minimum absolute atomic E-state index is 0.0847. The summed E-state index contributed by atoms with van der Waals surface area (Å²) in [5.74, 6) is 0.668. The molecule has 3 aromatic rings. The van der Waals surface area contributed by atoms with Crippen molar-refractivity contribution in [3.63, 3.8) is 0 Å². The molecular weight excluding hydrogens is 389 g/mol. The highest BCUT2D eigenvalue weighted by Crippen LogP contribution is 2.39. The van der Waals surface area contributed by atoms with E-state index in [4.69, 9.17) is 39.5 Å². The molecule has 1 heterocycles. The van der Waals surface area contributed by atoms with Crippen LogP contribution in [-0.4, -0.2) is 14.8 Å². The monoisotopic (exact) mass is 397 g/mol. The van der Waals surface area contributed by atoms with Crippen LogP contribution in [0.1, 0.15) is 5.56 Å². The van der Waals surface area contributed by atoms with Gasteiger partial charge in [0.15, 0.2) is 5.75 Å². The van der Waals surface area contributed by atoms with Crippen molar-refractivity contribution in [1.29, 1.82) is 0 Å². The van der Waals surface area contributed by atoms with Crippen molar-refractivity contribution in [3.05, 3.63) is 84.1 Å². The zero-order chi connectivity index (χ0) is 18.0. The Morgan fingerprint density at radius 2 is 1.72 bits per heavy atom. The van der Waals surface area contributed by atoms with Gasteiger partial charge in [0.05, 0.1) is 21.6 Å². The van der Waals surface area contributed by atoms with E-state index < -0.39 is 11.2 Å². The molecule has 0 radical (unpaired) electrons. The fraction of sp³-hybridized carbons (Fsp3) is 0.0625. The molecule has 2 aromatic carbocycles. The van der Waals surface area contributed by atoms with Crippen molar-refractivity contribution in [2.75, 3.05) is 0 Å². The Morgan fingerprint density at radius 1 is 1.04 bits per heavy atom. The number of benzene rings is 2. The zero-order valence-corrected chi connectivity index (χ0v) is 14.8. The second-order valence-corrected chi connectivity index (χ2v) is 6.24. The highest BCUT2D eigenvalue weighted by atomic mass is 35.5. The molecule has 1 N–H and O–H groups in total. The molecule has 128 valence electrons. The van der Waals surface area contributed by atoms with Gasteiger partial charge in [-0.1, -0.05) is 46.9 Å². The van der Waals surface area contributed by atoms with Crippen LogP contribution in [0.3, 0.4) is 0 Å². The van der Waals surface area contributed by atoms with E-state index in [1.54, 1.807) is 36.4 Å². The standard InChI is InChI=1S/C16H10Cl3N3O3/c17-10-3-1-2-4-13(10)25-15-11(18)5-9(6-12(15)19)8-22-16(24)21-14(23)7-20-22/h1-7H,8H2,(H,21,23,24). The minimum Gasteiger partial charge on any atom is -0.453 e. The first-order valence-electron chi connectivity index (χ1n) is 7.01. The molecule has 3 rings (SSSR count). The number of para-hydroxylation sites is 1. The van der Waals surface area contributed by atoms with Gasteiger partial charge in [0.2, 0.25) is 0 Å². The second-order valence-electron chi connectivity index (χ2n) is 5.02. The third kappa shape index (κ3) is 4.04. The zero-order valence-electron chi connectivity index (χ0n) is 12.5. The minimum atomic E-state index is -0.629. The molecule has 0 aliphatic heterocycles. The van der Waals surface area contributed by atoms with Crippen molar-refractivity contribution in [2.45, 2.75) is 6.54 Å². The Labute approximate surface area is 156 Å². The maximum Gasteiger partial charge on any atom is 0.345 e. The average molecular weight is 399 g/mol. The fourth-order valence-electron chi connectivity index (χ4n) is 2.10. The topological polar surface area (TPSA) is 77.0 Å². The lowest BCUT2D eigenvalue weighted by atomic mass is 10.2. The number of halogens is 3. The Balaban J connectivity index is 1.91. The van der Waals surface area contributed by atoms with Gasteiger partial charge in [0.25, 0.3) is 5.56 Å². The quantitative estimate of drug-likeness (QED) is 0.726. The highest BCUT2D eigenvalue weighted by molar-refractivity contribution is 6.37. The molecule has 0 atom stereocenters. The predicted octanol–water partition coefficient (Wildman–Crippen LogP) is 3.73. The lowest BCUT2D eigenvalue weighted by Crippen LogP contribution is -2.31. The Hall–Kier alpha value is -2.28. The number of hydrogen-bond donors (Lipinski definition) is 1. The summed E-state index contributed by atoms with van der Waals surface area (Å²) in [4.78, 5) is 24.9. The van der Waals surface area contributed by atoms with Gasteiger partial charge in [-0.2, -0.15) is 5.10 Å². The molecule has 0 bridgehead atoms. The number of H-pyrrole nitrogens is 1. The SMILES string of the molecule is O=c1cnn(Cc2cc(Cl)c(Oc3ccccc3Cl)c(Cl)c2)c(=O)[nH]1. The molecule has 0 unspecified atom stereocenters. The van der Waals surface area contributed by atoms with E-state index in [-0.39, 0.29) is 22.3 Å². The van der Waals surface area contributed by atoms with Gasteiger partial charge >= 0.3 is 5.69 Å². The molecule has 6 nitrogen and oxygen atoms in total. The fourth-order valence-corrected chi connectivity index (χ4v) is 2.88. The van der Waals surface area contributed by atoms with Crippen molar-refractivity contribution >= 4 is 34.8 Å². The third-order valence-corrected chi connectivity index (χ3v) is 4.09. The van der Waals surface area contributed by atoms with Gasteiger partial charge in [-0.3, -0.25) is 9.78 Å². The van der Waals surface area contributed by atoms with Crippen LogP contribution in [0.25, 0.3) is 0 Å². The first-order chi connectivity index (χ1) is 11.9. The van der Waals surface area contributed by atoms with E-state index in [9.17, 15) is 9.59 Å². The van der Waals surface area contributed by atoms with Crippen molar-refractivity contribution < 1.29 is 4.74 Å². The van der Waals surface area contributed by atoms with Gasteiger partial charge in [0.1, 0.15) is 11.9 Å². The van der Waals surface area contributed by atoms with E-state index in [2.05, 4.69) is 10.1 Å². The Morgan fingerprint density at radius 3 is 2.36 bits per heavy atom. The molecule has 0 saturated heterocycles. The molecule has 25 heavy (non-hydrogen) atoms. The van der Waals surface area contributed by atoms with Gasteiger partial charge < -0.3 is 4.74 Å². The van der Waals surface area contributed by atoms with Gasteiger partial charge in [-0.05, 0) is 29.8 Å². The van der Waals surface area contributed by atoms with Crippen LogP contribution in [0.5, 0.6) is 11.5 Å². The van der Waals surface area contributed by atoms with Crippen molar-refractivity contribution in [2.24, 2.45) is 0 Å². The van der Waals surface area contributed by atoms with E-state index in [0.717, 1.165) is 10.9 Å². The Bertz CT molecular complexity index is 1020. The number of rotatable bonds is 4. The van der Waals surface area contributed by atoms with Crippen LogP contribution < -0.4 is 16.0 Å². The summed E-state index contributed by atoms with van der Waals surface area (Å²) in [5.41, 5.74) is -0.583. The van der Waals surface area contributed by atoms with Crippen LogP contribution in [0.15, 0.2) is 52.2 Å². The summed E-state index contributed by atoms with van der Waals surface area (Å²) in [7, 11) is 0. The summed E-state index contributed by atoms with van der Waals surface area (Å²) in [6, 6.07) is 10.1. The number of aromatic nitrogens is 3. The largest absolute Gasteiger partial charge is 0.453 e. The van der Waals surface area contributed by atoms with Crippen LogP contribution >= 0.6 is 34.8 Å². The first kappa shape index (κ1) is 17.5. The predicted molar refractivity (Wildman–Crippen MR) is 96.2 cm³/mol. The number of ether oxygens (including phenoxy) is 1. The average Bonchev–Trinajstić information content (AvgIpc) is 2.55. The molecule has 0 saturated carbocycles. The van der Waals surface area contributed by atoms with E-state index >= 15 is 0 Å². The lowest BCUT2D eigenvalue weighted by Gasteiger charge is -2.12. The van der Waals surface area contributed by atoms with Crippen molar-refractivity contribution in [3.8, 4) is 11.5 Å². The molecule has 0 amide bonds. The summed E-state index contributed by atoms with van der Waals surface area (Å²) < 4.78 is 6.77. The van der Waals surface area contributed by atoms with E-state index in [1.807, 2.05) is 0 Å². The maximum absolute atomic E-state index is 11.7. The van der Waals surface area contributed by atoms with Crippen LogP contribution in [0.4, 0.5) is 0 Å². The summed E-state index contributed by atoms with van der Waals surface area (Å²) in [6.45, 7) is 0.0847. The van der Waals surface area contributed by atoms with Gasteiger partial charge in [-0.25, -0.2) is 9.48 Å². The van der Waals surface area contributed by atoms with Crippen molar-refractivity contribution in [1.82, 2.24) is 14.8 Å². The molecule has 0 fully saturated rings. The summed E-state index contributed by atoms with van der Waals surface area (Å²) in [6.07, 6.45) is 1.01. The summed E-state index contributed by atoms with van der Waals surface area (Å²) >= 11 is 18.6. The molecular formula is C16H10Cl3N3O3. The molecule has 0 aliphatic rings. The molecule has 1 aromatic heterocycles.